The van der Waals surface area contributed by atoms with Crippen molar-refractivity contribution >= 4 is 5.91 Å². The molecule has 1 atom stereocenters. The Morgan fingerprint density at radius 2 is 2.12 bits per heavy atom. The molecule has 0 saturated carbocycles. The molecule has 2 aromatic rings. The van der Waals surface area contributed by atoms with E-state index in [4.69, 9.17) is 0 Å². The number of hydrogen-bond donors (Lipinski definition) is 1. The van der Waals surface area contributed by atoms with E-state index < -0.39 is 0 Å². The second-order valence-corrected chi connectivity index (χ2v) is 6.04. The highest BCUT2D eigenvalue weighted by Gasteiger charge is 2.18. The molecule has 0 radical (unpaired) electrons. The number of nitrogens with one attached hydrogen (secondary N) is 1. The maximum absolute atomic E-state index is 12.2. The quantitative estimate of drug-likeness (QED) is 0.860. The second-order valence-electron chi connectivity index (χ2n) is 6.04. The van der Waals surface area contributed by atoms with E-state index in [0.717, 1.165) is 41.9 Å². The lowest BCUT2D eigenvalue weighted by molar-refractivity contribution is -0.125. The van der Waals surface area contributed by atoms with Crippen LogP contribution < -0.4 is 5.32 Å². The minimum Gasteiger partial charge on any atom is -0.355 e. The third-order valence-electron chi connectivity index (χ3n) is 4.28. The van der Waals surface area contributed by atoms with Crippen molar-refractivity contribution in [1.29, 1.82) is 0 Å². The summed E-state index contributed by atoms with van der Waals surface area (Å²) in [5.41, 5.74) is 3.00. The van der Waals surface area contributed by atoms with Crippen molar-refractivity contribution in [2.75, 3.05) is 6.54 Å². The van der Waals surface area contributed by atoms with Gasteiger partial charge in [0.05, 0.1) is 5.69 Å². The van der Waals surface area contributed by atoms with Crippen molar-refractivity contribution in [3.63, 3.8) is 0 Å². The number of aryl methyl sites for hydroxylation is 1. The first kappa shape index (κ1) is 16.3. The summed E-state index contributed by atoms with van der Waals surface area (Å²) in [6.07, 6.45) is 13.1. The average Bonchev–Trinajstić information content (AvgIpc) is 2.63. The fourth-order valence-corrected chi connectivity index (χ4v) is 2.96. The number of carbonyl (C=O) groups excluding carboxylic acids is 1. The lowest BCUT2D eigenvalue weighted by Crippen LogP contribution is -2.32. The maximum Gasteiger partial charge on any atom is 0.223 e. The Morgan fingerprint density at radius 1 is 1.29 bits per heavy atom. The van der Waals surface area contributed by atoms with Gasteiger partial charge in [-0.1, -0.05) is 12.2 Å². The molecule has 0 aliphatic heterocycles. The van der Waals surface area contributed by atoms with E-state index in [1.165, 1.54) is 0 Å². The Labute approximate surface area is 142 Å². The summed E-state index contributed by atoms with van der Waals surface area (Å²) in [5.74, 6) is 1.00. The molecule has 0 fully saturated rings. The third kappa shape index (κ3) is 4.04. The molecule has 1 N–H and O–H groups in total. The van der Waals surface area contributed by atoms with Gasteiger partial charge in [0.1, 0.15) is 5.82 Å². The van der Waals surface area contributed by atoms with Crippen molar-refractivity contribution in [3.05, 3.63) is 54.4 Å². The second kappa shape index (κ2) is 7.81. The predicted octanol–water partition coefficient (Wildman–Crippen LogP) is 2.86. The summed E-state index contributed by atoms with van der Waals surface area (Å²) in [6, 6.07) is 3.90. The molecule has 3 rings (SSSR count). The zero-order valence-corrected chi connectivity index (χ0v) is 13.9. The van der Waals surface area contributed by atoms with E-state index in [0.29, 0.717) is 13.0 Å². The number of nitrogens with zero attached hydrogens (tertiary/aromatic N) is 3. The predicted molar refractivity (Wildman–Crippen MR) is 93.2 cm³/mol. The molecule has 0 aromatic carbocycles. The van der Waals surface area contributed by atoms with Crippen molar-refractivity contribution in [1.82, 2.24) is 20.3 Å². The molecule has 0 bridgehead atoms. The van der Waals surface area contributed by atoms with Crippen molar-refractivity contribution in [2.24, 2.45) is 5.92 Å². The fraction of sp³-hybridized carbons (Fsp3) is 0.368. The Hall–Kier alpha value is -2.56. The van der Waals surface area contributed by atoms with Gasteiger partial charge in [0.15, 0.2) is 0 Å². The summed E-state index contributed by atoms with van der Waals surface area (Å²) in [6.45, 7) is 2.47. The number of amides is 1. The van der Waals surface area contributed by atoms with Crippen molar-refractivity contribution < 1.29 is 4.79 Å². The molecule has 1 unspecified atom stereocenters. The van der Waals surface area contributed by atoms with Gasteiger partial charge < -0.3 is 5.32 Å². The van der Waals surface area contributed by atoms with Gasteiger partial charge in [-0.15, -0.1) is 0 Å². The molecule has 124 valence electrons. The average molecular weight is 322 g/mol. The molecule has 0 spiro atoms. The van der Waals surface area contributed by atoms with E-state index in [1.54, 1.807) is 12.4 Å². The zero-order valence-electron chi connectivity index (χ0n) is 13.9. The topological polar surface area (TPSA) is 67.8 Å². The van der Waals surface area contributed by atoms with Crippen molar-refractivity contribution in [3.8, 4) is 11.1 Å². The number of aromatic nitrogens is 3. The highest BCUT2D eigenvalue weighted by atomic mass is 16.1. The van der Waals surface area contributed by atoms with Gasteiger partial charge in [-0.25, -0.2) is 9.97 Å². The summed E-state index contributed by atoms with van der Waals surface area (Å²) in [4.78, 5) is 25.1. The largest absolute Gasteiger partial charge is 0.355 e. The first-order valence-electron chi connectivity index (χ1n) is 8.39. The number of rotatable bonds is 5. The number of carbonyl (C=O) groups is 1. The molecular weight excluding hydrogens is 300 g/mol. The van der Waals surface area contributed by atoms with E-state index in [-0.39, 0.29) is 11.8 Å². The number of allylic oxidation sites excluding steroid dienone is 2. The summed E-state index contributed by atoms with van der Waals surface area (Å²) >= 11 is 0. The van der Waals surface area contributed by atoms with Crippen LogP contribution in [0.2, 0.25) is 0 Å². The van der Waals surface area contributed by atoms with Gasteiger partial charge in [0.25, 0.3) is 0 Å². The van der Waals surface area contributed by atoms with Crippen LogP contribution in [0, 0.1) is 12.8 Å². The van der Waals surface area contributed by atoms with Crippen LogP contribution in [-0.4, -0.2) is 27.4 Å². The summed E-state index contributed by atoms with van der Waals surface area (Å²) in [5, 5.41) is 3.05. The summed E-state index contributed by atoms with van der Waals surface area (Å²) < 4.78 is 0. The number of hydrogen-bond acceptors (Lipinski definition) is 4. The SMILES string of the molecule is Cc1ncc(-c2ccncc2)c(CCNC(=O)C2CC=CCC2)n1. The minimum absolute atomic E-state index is 0.113. The lowest BCUT2D eigenvalue weighted by atomic mass is 9.93. The van der Waals surface area contributed by atoms with Crippen LogP contribution in [0.5, 0.6) is 0 Å². The van der Waals surface area contributed by atoms with Gasteiger partial charge in [0.2, 0.25) is 5.91 Å². The van der Waals surface area contributed by atoms with Crippen LogP contribution in [0.1, 0.15) is 30.8 Å². The smallest absolute Gasteiger partial charge is 0.223 e. The summed E-state index contributed by atoms with van der Waals surface area (Å²) in [7, 11) is 0. The number of pyridine rings is 1. The lowest BCUT2D eigenvalue weighted by Gasteiger charge is -2.17. The van der Waals surface area contributed by atoms with Crippen LogP contribution in [-0.2, 0) is 11.2 Å². The molecular formula is C19H22N4O. The molecule has 24 heavy (non-hydrogen) atoms. The molecule has 2 aromatic heterocycles. The maximum atomic E-state index is 12.2. The normalized spacial score (nSPS) is 16.8. The van der Waals surface area contributed by atoms with Crippen molar-refractivity contribution in [2.45, 2.75) is 32.6 Å². The van der Waals surface area contributed by atoms with Crippen LogP contribution in [0.25, 0.3) is 11.1 Å². The van der Waals surface area contributed by atoms with Crippen LogP contribution >= 0.6 is 0 Å². The Bertz CT molecular complexity index is 727. The molecule has 0 saturated heterocycles. The van der Waals surface area contributed by atoms with E-state index in [2.05, 4.69) is 32.4 Å². The van der Waals surface area contributed by atoms with Gasteiger partial charge in [-0.2, -0.15) is 0 Å². The van der Waals surface area contributed by atoms with E-state index in [1.807, 2.05) is 25.3 Å². The monoisotopic (exact) mass is 322 g/mol. The van der Waals surface area contributed by atoms with E-state index >= 15 is 0 Å². The molecule has 5 nitrogen and oxygen atoms in total. The standard InChI is InChI=1S/C19H22N4O/c1-14-22-13-17(15-7-10-20-11-8-15)18(23-14)9-12-21-19(24)16-5-3-2-4-6-16/h2-3,7-8,10-11,13,16H,4-6,9,12H2,1H3,(H,21,24). The van der Waals surface area contributed by atoms with Gasteiger partial charge in [-0.3, -0.25) is 9.78 Å². The van der Waals surface area contributed by atoms with E-state index in [9.17, 15) is 4.79 Å². The molecule has 1 aliphatic carbocycles. The molecule has 1 amide bonds. The molecule has 5 heteroatoms. The van der Waals surface area contributed by atoms with Crippen LogP contribution in [0.3, 0.4) is 0 Å². The first-order chi connectivity index (χ1) is 11.7. The molecule has 1 aliphatic rings. The molecule has 2 heterocycles. The first-order valence-corrected chi connectivity index (χ1v) is 8.39. The van der Waals surface area contributed by atoms with Gasteiger partial charge in [0, 0.05) is 43.0 Å². The highest BCUT2D eigenvalue weighted by molar-refractivity contribution is 5.79. The van der Waals surface area contributed by atoms with Crippen LogP contribution in [0.15, 0.2) is 42.9 Å². The fourth-order valence-electron chi connectivity index (χ4n) is 2.96. The highest BCUT2D eigenvalue weighted by Crippen LogP contribution is 2.21. The Balaban J connectivity index is 1.65. The Kier molecular flexibility index (Phi) is 5.31. The minimum atomic E-state index is 0.113. The Morgan fingerprint density at radius 3 is 2.88 bits per heavy atom. The third-order valence-corrected chi connectivity index (χ3v) is 4.28. The van der Waals surface area contributed by atoms with Gasteiger partial charge in [-0.05, 0) is 43.9 Å². The van der Waals surface area contributed by atoms with Crippen LogP contribution in [0.4, 0.5) is 0 Å². The zero-order chi connectivity index (χ0) is 16.8. The van der Waals surface area contributed by atoms with Gasteiger partial charge >= 0.3 is 0 Å².